The van der Waals surface area contributed by atoms with Gasteiger partial charge in [0.1, 0.15) is 41.1 Å². The van der Waals surface area contributed by atoms with E-state index >= 15 is 4.39 Å². The third-order valence-corrected chi connectivity index (χ3v) is 8.10. The Hall–Kier alpha value is -4.42. The van der Waals surface area contributed by atoms with E-state index in [2.05, 4.69) is 11.6 Å². The number of aliphatic hydroxyl groups excluding tert-OH is 1. The normalized spacial score (nSPS) is 15.6. The zero-order chi connectivity index (χ0) is 29.7. The summed E-state index contributed by atoms with van der Waals surface area (Å²) < 4.78 is 40.4. The second-order valence-corrected chi connectivity index (χ2v) is 11.3. The summed E-state index contributed by atoms with van der Waals surface area (Å²) in [5.74, 6) is -1.88. The van der Waals surface area contributed by atoms with E-state index in [0.29, 0.717) is 46.1 Å². The van der Waals surface area contributed by atoms with Gasteiger partial charge >= 0.3 is 0 Å². The fourth-order valence-corrected chi connectivity index (χ4v) is 6.19. The summed E-state index contributed by atoms with van der Waals surface area (Å²) in [4.78, 5) is 23.7. The van der Waals surface area contributed by atoms with E-state index < -0.39 is 17.7 Å². The molecule has 12 heteroatoms. The highest BCUT2D eigenvalue weighted by molar-refractivity contribution is 7.18. The lowest BCUT2D eigenvalue weighted by Gasteiger charge is -2.33. The Kier molecular flexibility index (Phi) is 7.11. The first-order valence-corrected chi connectivity index (χ1v) is 14.2. The SMILES string of the molecule is C=CC(=O)N1Cc2cc(-c3nc(-c4cn(C)cn4)c4ccsc4c3-c3c(F)cc(F)cc3OCC(C)O)nn2CC1C. The maximum absolute atomic E-state index is 15.8. The number of thiophene rings is 1. The number of aryl methyl sites for hydroxylation is 1. The number of aliphatic hydroxyl groups is 1. The van der Waals surface area contributed by atoms with E-state index in [0.717, 1.165) is 23.2 Å². The van der Waals surface area contributed by atoms with Gasteiger partial charge in [0.05, 0.1) is 42.5 Å². The van der Waals surface area contributed by atoms with Crippen molar-refractivity contribution in [3.05, 3.63) is 72.2 Å². The van der Waals surface area contributed by atoms with Crippen LogP contribution in [0.4, 0.5) is 8.78 Å². The van der Waals surface area contributed by atoms with Crippen molar-refractivity contribution in [3.63, 3.8) is 0 Å². The lowest BCUT2D eigenvalue weighted by Crippen LogP contribution is -2.44. The van der Waals surface area contributed by atoms with Gasteiger partial charge in [0.2, 0.25) is 5.91 Å². The number of aromatic nitrogens is 5. The fourth-order valence-electron chi connectivity index (χ4n) is 5.24. The summed E-state index contributed by atoms with van der Waals surface area (Å²) in [7, 11) is 1.86. The standard InChI is InChI=1S/C30H28F2N6O3S/c1-5-25(40)37-12-19-10-22(35-38(19)11-16(37)2)29-27(26-21(32)8-18(31)9-24(26)41-14-17(3)39)30-20(6-7-42-30)28(34-29)23-13-36(4)15-33-23/h5-10,13,15-17,39H,1,11-12,14H2,2-4H3. The number of hydrogen-bond donors (Lipinski definition) is 1. The Labute approximate surface area is 244 Å². The molecule has 0 saturated carbocycles. The molecule has 1 N–H and O–H groups in total. The van der Waals surface area contributed by atoms with Crippen molar-refractivity contribution in [1.82, 2.24) is 29.2 Å². The largest absolute Gasteiger partial charge is 0.490 e. The average molecular weight is 591 g/mol. The molecule has 1 amide bonds. The number of nitrogens with zero attached hydrogens (tertiary/aromatic N) is 6. The quantitative estimate of drug-likeness (QED) is 0.262. The summed E-state index contributed by atoms with van der Waals surface area (Å²) in [6.45, 7) is 7.68. The van der Waals surface area contributed by atoms with Gasteiger partial charge in [-0.25, -0.2) is 18.7 Å². The number of hydrogen-bond acceptors (Lipinski definition) is 7. The molecular weight excluding hydrogens is 562 g/mol. The summed E-state index contributed by atoms with van der Waals surface area (Å²) in [5, 5.41) is 17.3. The number of carbonyl (C=O) groups excluding carboxylic acids is 1. The van der Waals surface area contributed by atoms with Crippen LogP contribution in [-0.2, 0) is 24.9 Å². The maximum Gasteiger partial charge on any atom is 0.246 e. The predicted octanol–water partition coefficient (Wildman–Crippen LogP) is 5.18. The Morgan fingerprint density at radius 3 is 2.79 bits per heavy atom. The van der Waals surface area contributed by atoms with Crippen LogP contribution in [-0.4, -0.2) is 59.0 Å². The molecule has 1 aromatic carbocycles. The molecule has 2 atom stereocenters. The van der Waals surface area contributed by atoms with Crippen molar-refractivity contribution < 1.29 is 23.4 Å². The zero-order valence-electron chi connectivity index (χ0n) is 23.2. The van der Waals surface area contributed by atoms with Gasteiger partial charge in [0.15, 0.2) is 0 Å². The van der Waals surface area contributed by atoms with Crippen LogP contribution in [0.15, 0.2) is 54.8 Å². The minimum absolute atomic E-state index is 0.0161. The number of halogens is 2. The molecule has 1 aliphatic rings. The van der Waals surface area contributed by atoms with Gasteiger partial charge in [0, 0.05) is 47.1 Å². The first-order chi connectivity index (χ1) is 20.1. The van der Waals surface area contributed by atoms with Crippen molar-refractivity contribution in [2.24, 2.45) is 7.05 Å². The number of ether oxygens (including phenoxy) is 1. The predicted molar refractivity (Wildman–Crippen MR) is 156 cm³/mol. The Morgan fingerprint density at radius 1 is 1.26 bits per heavy atom. The molecule has 1 aliphatic heterocycles. The van der Waals surface area contributed by atoms with Crippen molar-refractivity contribution in [2.45, 2.75) is 39.1 Å². The molecule has 4 aromatic heterocycles. The fraction of sp³-hybridized carbons (Fsp3) is 0.267. The number of benzene rings is 1. The molecule has 9 nitrogen and oxygen atoms in total. The molecule has 0 bridgehead atoms. The third-order valence-electron chi connectivity index (χ3n) is 7.17. The molecule has 6 rings (SSSR count). The summed E-state index contributed by atoms with van der Waals surface area (Å²) in [6, 6.07) is 5.51. The third kappa shape index (κ3) is 4.86. The Morgan fingerprint density at radius 2 is 2.07 bits per heavy atom. The lowest BCUT2D eigenvalue weighted by atomic mass is 9.97. The monoisotopic (exact) mass is 590 g/mol. The lowest BCUT2D eigenvalue weighted by molar-refractivity contribution is -0.129. The van der Waals surface area contributed by atoms with Crippen LogP contribution < -0.4 is 4.74 Å². The number of fused-ring (bicyclic) bond motifs is 2. The molecule has 0 saturated heterocycles. The van der Waals surface area contributed by atoms with Crippen LogP contribution >= 0.6 is 11.3 Å². The maximum atomic E-state index is 15.8. The van der Waals surface area contributed by atoms with Crippen LogP contribution in [0.3, 0.4) is 0 Å². The first-order valence-electron chi connectivity index (χ1n) is 13.3. The Balaban J connectivity index is 1.63. The Bertz CT molecular complexity index is 1840. The van der Waals surface area contributed by atoms with Crippen molar-refractivity contribution in [2.75, 3.05) is 6.61 Å². The smallest absolute Gasteiger partial charge is 0.246 e. The van der Waals surface area contributed by atoms with Crippen molar-refractivity contribution >= 4 is 27.3 Å². The number of imidazole rings is 1. The second kappa shape index (κ2) is 10.8. The molecule has 0 aliphatic carbocycles. The van der Waals surface area contributed by atoms with Crippen LogP contribution in [0.1, 0.15) is 19.5 Å². The first kappa shape index (κ1) is 27.7. The number of rotatable bonds is 7. The van der Waals surface area contributed by atoms with Crippen LogP contribution in [0.25, 0.3) is 44.0 Å². The molecule has 2 unspecified atom stereocenters. The summed E-state index contributed by atoms with van der Waals surface area (Å²) >= 11 is 1.38. The van der Waals surface area contributed by atoms with Gasteiger partial charge in [-0.15, -0.1) is 11.3 Å². The molecule has 5 aromatic rings. The minimum Gasteiger partial charge on any atom is -0.490 e. The highest BCUT2D eigenvalue weighted by Crippen LogP contribution is 2.47. The molecule has 0 spiro atoms. The average Bonchev–Trinajstić information content (AvgIpc) is 3.70. The van der Waals surface area contributed by atoms with E-state index in [1.54, 1.807) is 11.2 Å². The summed E-state index contributed by atoms with van der Waals surface area (Å²) in [6.07, 6.45) is 3.95. The van der Waals surface area contributed by atoms with Gasteiger partial charge < -0.3 is 19.3 Å². The van der Waals surface area contributed by atoms with Gasteiger partial charge in [-0.3, -0.25) is 9.48 Å². The highest BCUT2D eigenvalue weighted by atomic mass is 32.1. The van der Waals surface area contributed by atoms with Crippen molar-refractivity contribution in [1.29, 1.82) is 0 Å². The molecular formula is C30H28F2N6O3S. The summed E-state index contributed by atoms with van der Waals surface area (Å²) in [5.41, 5.74) is 3.21. The molecule has 0 fully saturated rings. The number of pyridine rings is 1. The molecule has 5 heterocycles. The van der Waals surface area contributed by atoms with Crippen molar-refractivity contribution in [3.8, 4) is 39.7 Å². The van der Waals surface area contributed by atoms with Crippen LogP contribution in [0.5, 0.6) is 5.75 Å². The van der Waals surface area contributed by atoms with Gasteiger partial charge in [-0.05, 0) is 37.4 Å². The van der Waals surface area contributed by atoms with E-state index in [-0.39, 0.29) is 29.9 Å². The van der Waals surface area contributed by atoms with Crippen LogP contribution in [0, 0.1) is 11.6 Å². The zero-order valence-corrected chi connectivity index (χ0v) is 24.0. The van der Waals surface area contributed by atoms with E-state index in [1.807, 2.05) is 46.9 Å². The number of carbonyl (C=O) groups is 1. The highest BCUT2D eigenvalue weighted by Gasteiger charge is 2.30. The number of amides is 1. The molecule has 42 heavy (non-hydrogen) atoms. The van der Waals surface area contributed by atoms with Gasteiger partial charge in [-0.1, -0.05) is 6.58 Å². The second-order valence-electron chi connectivity index (χ2n) is 10.4. The van der Waals surface area contributed by atoms with E-state index in [1.165, 1.54) is 24.3 Å². The van der Waals surface area contributed by atoms with Gasteiger partial charge in [0.25, 0.3) is 0 Å². The molecule has 216 valence electrons. The van der Waals surface area contributed by atoms with Crippen LogP contribution in [0.2, 0.25) is 0 Å². The topological polar surface area (TPSA) is 98.3 Å². The van der Waals surface area contributed by atoms with Gasteiger partial charge in [-0.2, -0.15) is 5.10 Å². The van der Waals surface area contributed by atoms with E-state index in [4.69, 9.17) is 14.8 Å². The van der Waals surface area contributed by atoms with E-state index in [9.17, 15) is 14.3 Å². The minimum atomic E-state index is -0.863. The molecule has 0 radical (unpaired) electrons.